The number of nitrogen functional groups attached to an aromatic ring is 2. The molecule has 0 amide bonds. The molecular formula is C20H26Cl2N10O9. The van der Waals surface area contributed by atoms with Crippen LogP contribution in [-0.4, -0.2) is 125 Å². The van der Waals surface area contributed by atoms with Gasteiger partial charge in [0.25, 0.3) is 0 Å². The number of aromatic nitrogens is 8. The summed E-state index contributed by atoms with van der Waals surface area (Å²) in [6, 6.07) is 0. The number of nitrogens with two attached hydrogens (primary N) is 2. The normalized spacial score (nSPS) is 29.5. The molecule has 0 bridgehead atoms. The van der Waals surface area contributed by atoms with Crippen LogP contribution in [0, 0.1) is 0 Å². The minimum atomic E-state index is -1.24. The van der Waals surface area contributed by atoms with Gasteiger partial charge in [-0.1, -0.05) is 0 Å². The number of halogens is 2. The van der Waals surface area contributed by atoms with Crippen molar-refractivity contribution in [3.05, 3.63) is 23.2 Å². The van der Waals surface area contributed by atoms with Crippen molar-refractivity contribution in [3.63, 3.8) is 0 Å². The topological polar surface area (TPSA) is 311 Å². The second kappa shape index (κ2) is 12.0. The Morgan fingerprint density at radius 3 is 1.37 bits per heavy atom. The lowest BCUT2D eigenvalue weighted by atomic mass is 10.1. The van der Waals surface area contributed by atoms with Crippen molar-refractivity contribution in [2.75, 3.05) is 24.7 Å². The first-order chi connectivity index (χ1) is 19.0. The highest BCUT2D eigenvalue weighted by atomic mass is 35.5. The molecule has 0 spiro atoms. The monoisotopic (exact) mass is 620 g/mol. The quantitative estimate of drug-likeness (QED) is 0.103. The van der Waals surface area contributed by atoms with Crippen LogP contribution >= 0.6 is 23.2 Å². The van der Waals surface area contributed by atoms with Crippen molar-refractivity contribution < 1.29 is 45.6 Å². The highest BCUT2D eigenvalue weighted by Crippen LogP contribution is 2.33. The molecule has 2 saturated heterocycles. The van der Waals surface area contributed by atoms with Crippen LogP contribution in [0.4, 0.5) is 11.6 Å². The second-order valence-corrected chi connectivity index (χ2v) is 9.54. The molecule has 0 radical (unpaired) electrons. The van der Waals surface area contributed by atoms with E-state index in [-0.39, 0.29) is 39.0 Å². The molecule has 0 aliphatic carbocycles. The summed E-state index contributed by atoms with van der Waals surface area (Å²) in [4.78, 5) is 23.6. The zero-order valence-corrected chi connectivity index (χ0v) is 22.2. The number of fused-ring (bicyclic) bond motifs is 2. The molecule has 224 valence electrons. The molecule has 8 atom stereocenters. The molecule has 2 aliphatic rings. The Hall–Kier alpha value is -3.08. The average Bonchev–Trinajstić information content (AvgIpc) is 3.66. The van der Waals surface area contributed by atoms with Crippen LogP contribution in [-0.2, 0) is 9.47 Å². The van der Waals surface area contributed by atoms with Crippen molar-refractivity contribution >= 4 is 57.2 Å². The molecular weight excluding hydrogens is 595 g/mol. The molecule has 0 aromatic carbocycles. The number of aliphatic hydroxyl groups is 6. The smallest absolute Gasteiger partial charge is 0.226 e. The van der Waals surface area contributed by atoms with Gasteiger partial charge >= 0.3 is 0 Å². The van der Waals surface area contributed by atoms with E-state index < -0.39 is 62.3 Å². The Balaban J connectivity index is 0.000000184. The zero-order valence-electron chi connectivity index (χ0n) is 20.7. The summed E-state index contributed by atoms with van der Waals surface area (Å²) in [5, 5.41) is 57.5. The molecule has 21 heteroatoms. The first kappa shape index (κ1) is 30.9. The standard InChI is InChI=1S/2C10H12ClN5O4.H2O/c2*11-10-14-7(12)4-8(15-10)16(2-13-4)9-6(19)5(18)3(1-17)20-9;/h2*2-3,5-6,9,17-19H,1H2,(H2,12,14,15);1H2/t2*3-,5-,6-,9-;/m11./s1. The Bertz CT molecular complexity index is 1410. The highest BCUT2D eigenvalue weighted by molar-refractivity contribution is 6.29. The summed E-state index contributed by atoms with van der Waals surface area (Å²) in [7, 11) is 0. The van der Waals surface area contributed by atoms with Gasteiger partial charge in [-0.05, 0) is 23.2 Å². The van der Waals surface area contributed by atoms with Crippen LogP contribution in [0.25, 0.3) is 22.3 Å². The van der Waals surface area contributed by atoms with E-state index in [0.717, 1.165) is 0 Å². The maximum absolute atomic E-state index is 9.99. The van der Waals surface area contributed by atoms with Gasteiger partial charge < -0.3 is 57.1 Å². The molecule has 4 aromatic heterocycles. The van der Waals surface area contributed by atoms with Crippen LogP contribution < -0.4 is 11.5 Å². The van der Waals surface area contributed by atoms with Gasteiger partial charge in [0.15, 0.2) is 35.4 Å². The summed E-state index contributed by atoms with van der Waals surface area (Å²) >= 11 is 11.5. The third-order valence-corrected chi connectivity index (χ3v) is 6.76. The number of hydrogen-bond donors (Lipinski definition) is 8. The van der Waals surface area contributed by atoms with Gasteiger partial charge in [-0.2, -0.15) is 19.9 Å². The molecule has 6 heterocycles. The maximum atomic E-state index is 9.99. The van der Waals surface area contributed by atoms with Crippen LogP contribution in [0.3, 0.4) is 0 Å². The Labute approximate surface area is 238 Å². The van der Waals surface area contributed by atoms with E-state index in [0.29, 0.717) is 11.0 Å². The molecule has 41 heavy (non-hydrogen) atoms. The summed E-state index contributed by atoms with van der Waals surface area (Å²) < 4.78 is 13.6. The molecule has 6 rings (SSSR count). The van der Waals surface area contributed by atoms with Crippen molar-refractivity contribution in [1.29, 1.82) is 0 Å². The lowest BCUT2D eigenvalue weighted by molar-refractivity contribution is -0.0511. The SMILES string of the molecule is Nc1nc(Cl)nc2c1ncn2[C@@H]1O[C@H](CO)[C@@H](O)[C@H]1O.Nc1nc(Cl)nc2c1ncn2[C@@H]1O[C@H](CO)[C@@H](O)[C@H]1O.O. The average molecular weight is 621 g/mol. The molecule has 19 nitrogen and oxygen atoms in total. The Morgan fingerprint density at radius 1 is 0.683 bits per heavy atom. The molecule has 2 aliphatic heterocycles. The number of anilines is 2. The summed E-state index contributed by atoms with van der Waals surface area (Å²) in [5.41, 5.74) is 12.5. The predicted molar refractivity (Wildman–Crippen MR) is 139 cm³/mol. The minimum absolute atomic E-state index is 0. The molecule has 4 aromatic rings. The molecule has 12 N–H and O–H groups in total. The van der Waals surface area contributed by atoms with Gasteiger partial charge in [0.1, 0.15) is 47.7 Å². The number of rotatable bonds is 4. The van der Waals surface area contributed by atoms with Gasteiger partial charge in [-0.25, -0.2) is 9.97 Å². The fraction of sp³-hybridized carbons (Fsp3) is 0.500. The first-order valence-corrected chi connectivity index (χ1v) is 12.4. The lowest BCUT2D eigenvalue weighted by Gasteiger charge is -2.16. The van der Waals surface area contributed by atoms with Gasteiger partial charge in [0.05, 0.1) is 25.9 Å². The van der Waals surface area contributed by atoms with E-state index in [1.54, 1.807) is 0 Å². The van der Waals surface area contributed by atoms with E-state index in [1.165, 1.54) is 21.8 Å². The van der Waals surface area contributed by atoms with Crippen molar-refractivity contribution in [2.24, 2.45) is 0 Å². The predicted octanol–water partition coefficient (Wildman–Crippen LogP) is -3.48. The zero-order chi connectivity index (χ0) is 28.9. The highest BCUT2D eigenvalue weighted by Gasteiger charge is 2.45. The second-order valence-electron chi connectivity index (χ2n) is 8.86. The van der Waals surface area contributed by atoms with Crippen molar-refractivity contribution in [3.8, 4) is 0 Å². The summed E-state index contributed by atoms with van der Waals surface area (Å²) in [6.45, 7) is -0.835. The van der Waals surface area contributed by atoms with E-state index in [1.807, 2.05) is 0 Å². The molecule has 0 saturated carbocycles. The van der Waals surface area contributed by atoms with Crippen molar-refractivity contribution in [2.45, 2.75) is 49.1 Å². The van der Waals surface area contributed by atoms with Crippen molar-refractivity contribution in [1.82, 2.24) is 39.0 Å². The number of aliphatic hydroxyl groups excluding tert-OH is 6. The maximum Gasteiger partial charge on any atom is 0.226 e. The van der Waals surface area contributed by atoms with E-state index >= 15 is 0 Å². The van der Waals surface area contributed by atoms with Crippen LogP contribution in [0.2, 0.25) is 10.6 Å². The summed E-state index contributed by atoms with van der Waals surface area (Å²) in [6.07, 6.45) is -5.86. The van der Waals surface area contributed by atoms with E-state index in [9.17, 15) is 20.4 Å². The van der Waals surface area contributed by atoms with Crippen LogP contribution in [0.5, 0.6) is 0 Å². The largest absolute Gasteiger partial charge is 0.412 e. The molecule has 0 unspecified atom stereocenters. The van der Waals surface area contributed by atoms with Gasteiger partial charge in [-0.15, -0.1) is 0 Å². The van der Waals surface area contributed by atoms with Gasteiger partial charge in [0.2, 0.25) is 10.6 Å². The van der Waals surface area contributed by atoms with Gasteiger partial charge in [-0.3, -0.25) is 9.13 Å². The van der Waals surface area contributed by atoms with Gasteiger partial charge in [0, 0.05) is 0 Å². The first-order valence-electron chi connectivity index (χ1n) is 11.6. The third-order valence-electron chi connectivity index (χ3n) is 6.42. The number of ether oxygens (including phenoxy) is 2. The fourth-order valence-corrected chi connectivity index (χ4v) is 4.76. The number of hydrogen-bond acceptors (Lipinski definition) is 16. The van der Waals surface area contributed by atoms with Crippen LogP contribution in [0.15, 0.2) is 12.7 Å². The third kappa shape index (κ3) is 5.45. The number of nitrogens with zero attached hydrogens (tertiary/aromatic N) is 8. The minimum Gasteiger partial charge on any atom is -0.412 e. The Morgan fingerprint density at radius 2 is 1.05 bits per heavy atom. The van der Waals surface area contributed by atoms with Crippen LogP contribution in [0.1, 0.15) is 12.5 Å². The lowest BCUT2D eigenvalue weighted by Crippen LogP contribution is -2.33. The number of imidazole rings is 2. The fourth-order valence-electron chi connectivity index (χ4n) is 4.41. The van der Waals surface area contributed by atoms with E-state index in [2.05, 4.69) is 29.9 Å². The summed E-state index contributed by atoms with van der Waals surface area (Å²) in [5.74, 6) is 0.205. The Kier molecular flexibility index (Phi) is 9.06. The molecule has 2 fully saturated rings. The van der Waals surface area contributed by atoms with E-state index in [4.69, 9.17) is 54.4 Å².